The third kappa shape index (κ3) is 5.03. The Morgan fingerprint density at radius 1 is 1.32 bits per heavy atom. The Morgan fingerprint density at radius 2 is 2.11 bits per heavy atom. The number of nitrogens with zero attached hydrogens (tertiary/aromatic N) is 3. The lowest BCUT2D eigenvalue weighted by molar-refractivity contribution is -0.384. The highest BCUT2D eigenvalue weighted by atomic mass is 16.6. The molecule has 0 unspecified atom stereocenters. The van der Waals surface area contributed by atoms with Crippen LogP contribution in [0.1, 0.15) is 37.3 Å². The van der Waals surface area contributed by atoms with Crippen molar-refractivity contribution in [3.63, 3.8) is 0 Å². The summed E-state index contributed by atoms with van der Waals surface area (Å²) in [6.45, 7) is -0.437. The van der Waals surface area contributed by atoms with Crippen LogP contribution in [0.25, 0.3) is 6.08 Å². The van der Waals surface area contributed by atoms with Crippen LogP contribution in [-0.2, 0) is 14.3 Å². The lowest BCUT2D eigenvalue weighted by atomic mass is 10.2. The molecule has 1 aliphatic carbocycles. The maximum Gasteiger partial charge on any atom is 0.331 e. The number of non-ortho nitro benzene ring substituents is 1. The molecule has 146 valence electrons. The minimum Gasteiger partial charge on any atom is -0.452 e. The second kappa shape index (κ2) is 8.94. The van der Waals surface area contributed by atoms with E-state index < -0.39 is 23.4 Å². The van der Waals surface area contributed by atoms with E-state index >= 15 is 0 Å². The van der Waals surface area contributed by atoms with E-state index in [1.807, 2.05) is 0 Å². The van der Waals surface area contributed by atoms with E-state index in [-0.39, 0.29) is 11.7 Å². The lowest BCUT2D eigenvalue weighted by Gasteiger charge is -2.14. The van der Waals surface area contributed by atoms with E-state index in [1.54, 1.807) is 23.0 Å². The maximum atomic E-state index is 12.0. The molecule has 0 saturated heterocycles. The summed E-state index contributed by atoms with van der Waals surface area (Å²) in [6, 6.07) is 7.82. The monoisotopic (exact) mass is 384 g/mol. The van der Waals surface area contributed by atoms with Crippen LogP contribution in [0.15, 0.2) is 42.6 Å². The number of hydrogen-bond donors (Lipinski definition) is 1. The quantitative estimate of drug-likeness (QED) is 0.339. The van der Waals surface area contributed by atoms with Crippen molar-refractivity contribution in [3.8, 4) is 0 Å². The van der Waals surface area contributed by atoms with E-state index in [0.717, 1.165) is 31.8 Å². The van der Waals surface area contributed by atoms with Gasteiger partial charge in [-0.3, -0.25) is 14.9 Å². The molecule has 1 aromatic carbocycles. The first-order valence-corrected chi connectivity index (χ1v) is 8.95. The van der Waals surface area contributed by atoms with E-state index in [2.05, 4.69) is 10.4 Å². The maximum absolute atomic E-state index is 12.0. The summed E-state index contributed by atoms with van der Waals surface area (Å²) in [4.78, 5) is 34.1. The Hall–Kier alpha value is -3.49. The number of carbonyl (C=O) groups is 2. The predicted molar refractivity (Wildman–Crippen MR) is 101 cm³/mol. The van der Waals surface area contributed by atoms with Crippen LogP contribution in [0.4, 0.5) is 11.5 Å². The van der Waals surface area contributed by atoms with Gasteiger partial charge >= 0.3 is 5.97 Å². The number of rotatable bonds is 7. The SMILES string of the molecule is O=C(COC(=O)/C=C/c1cccc([N+](=O)[O-])c1)Nc1ccnn1C1CCCC1. The van der Waals surface area contributed by atoms with Crippen molar-refractivity contribution in [2.24, 2.45) is 0 Å². The van der Waals surface area contributed by atoms with E-state index in [9.17, 15) is 19.7 Å². The van der Waals surface area contributed by atoms with E-state index in [1.165, 1.54) is 24.3 Å². The molecule has 0 bridgehead atoms. The number of amides is 1. The molecule has 9 nitrogen and oxygen atoms in total. The van der Waals surface area contributed by atoms with Crippen LogP contribution in [0.3, 0.4) is 0 Å². The van der Waals surface area contributed by atoms with Crippen molar-refractivity contribution in [2.45, 2.75) is 31.7 Å². The fourth-order valence-electron chi connectivity index (χ4n) is 3.12. The Kier molecular flexibility index (Phi) is 6.15. The largest absolute Gasteiger partial charge is 0.452 e. The summed E-state index contributed by atoms with van der Waals surface area (Å²) in [5.41, 5.74) is 0.407. The zero-order valence-electron chi connectivity index (χ0n) is 15.1. The van der Waals surface area contributed by atoms with Gasteiger partial charge in [0.2, 0.25) is 0 Å². The topological polar surface area (TPSA) is 116 Å². The zero-order chi connectivity index (χ0) is 19.9. The summed E-state index contributed by atoms with van der Waals surface area (Å²) in [5.74, 6) is -0.595. The van der Waals surface area contributed by atoms with E-state index in [0.29, 0.717) is 11.4 Å². The molecular weight excluding hydrogens is 364 g/mol. The van der Waals surface area contributed by atoms with Crippen LogP contribution >= 0.6 is 0 Å². The third-order valence-corrected chi connectivity index (χ3v) is 4.45. The molecule has 0 radical (unpaired) electrons. The molecule has 0 spiro atoms. The number of anilines is 1. The molecule has 0 aliphatic heterocycles. The molecule has 1 aliphatic rings. The van der Waals surface area contributed by atoms with Crippen LogP contribution in [0, 0.1) is 10.1 Å². The molecule has 1 amide bonds. The van der Waals surface area contributed by atoms with Gasteiger partial charge in [-0.2, -0.15) is 5.10 Å². The first-order valence-electron chi connectivity index (χ1n) is 8.95. The number of aromatic nitrogens is 2. The highest BCUT2D eigenvalue weighted by molar-refractivity contribution is 5.94. The van der Waals surface area contributed by atoms with Gasteiger partial charge in [-0.15, -0.1) is 0 Å². The van der Waals surface area contributed by atoms with Crippen molar-refractivity contribution in [1.82, 2.24) is 9.78 Å². The number of benzene rings is 1. The fraction of sp³-hybridized carbons (Fsp3) is 0.316. The summed E-state index contributed by atoms with van der Waals surface area (Å²) in [5, 5.41) is 17.7. The van der Waals surface area contributed by atoms with Crippen LogP contribution in [0.5, 0.6) is 0 Å². The zero-order valence-corrected chi connectivity index (χ0v) is 15.1. The second-order valence-electron chi connectivity index (χ2n) is 6.44. The van der Waals surface area contributed by atoms with Crippen molar-refractivity contribution in [3.05, 3.63) is 58.3 Å². The van der Waals surface area contributed by atoms with Crippen molar-refractivity contribution >= 4 is 29.5 Å². The summed E-state index contributed by atoms with van der Waals surface area (Å²) in [7, 11) is 0. The molecule has 28 heavy (non-hydrogen) atoms. The average Bonchev–Trinajstić information content (AvgIpc) is 3.36. The molecule has 3 rings (SSSR count). The van der Waals surface area contributed by atoms with Crippen molar-refractivity contribution < 1.29 is 19.2 Å². The smallest absolute Gasteiger partial charge is 0.331 e. The highest BCUT2D eigenvalue weighted by Crippen LogP contribution is 2.31. The highest BCUT2D eigenvalue weighted by Gasteiger charge is 2.20. The van der Waals surface area contributed by atoms with Gasteiger partial charge < -0.3 is 10.1 Å². The lowest BCUT2D eigenvalue weighted by Crippen LogP contribution is -2.22. The molecule has 1 fully saturated rings. The summed E-state index contributed by atoms with van der Waals surface area (Å²) >= 11 is 0. The van der Waals surface area contributed by atoms with Crippen molar-refractivity contribution in [1.29, 1.82) is 0 Å². The van der Waals surface area contributed by atoms with Gasteiger partial charge in [-0.25, -0.2) is 9.48 Å². The first-order chi connectivity index (χ1) is 13.5. The van der Waals surface area contributed by atoms with E-state index in [4.69, 9.17) is 4.74 Å². The van der Waals surface area contributed by atoms with Gasteiger partial charge in [0, 0.05) is 24.3 Å². The first kappa shape index (κ1) is 19.3. The molecule has 1 aromatic heterocycles. The predicted octanol–water partition coefficient (Wildman–Crippen LogP) is 3.10. The second-order valence-corrected chi connectivity index (χ2v) is 6.44. The molecular formula is C19H20N4O5. The van der Waals surface area contributed by atoms with Gasteiger partial charge in [0.1, 0.15) is 5.82 Å². The number of nitro groups is 1. The van der Waals surface area contributed by atoms with Gasteiger partial charge in [-0.1, -0.05) is 25.0 Å². The minimum atomic E-state index is -0.717. The Labute approximate surface area is 161 Å². The molecule has 1 saturated carbocycles. The van der Waals surface area contributed by atoms with Crippen molar-refractivity contribution in [2.75, 3.05) is 11.9 Å². The Morgan fingerprint density at radius 3 is 2.86 bits per heavy atom. The van der Waals surface area contributed by atoms with Crippen LogP contribution in [0.2, 0.25) is 0 Å². The van der Waals surface area contributed by atoms with Gasteiger partial charge in [0.05, 0.1) is 17.2 Å². The van der Waals surface area contributed by atoms with Gasteiger partial charge in [0.15, 0.2) is 6.61 Å². The molecule has 1 N–H and O–H groups in total. The number of hydrogen-bond acceptors (Lipinski definition) is 6. The number of ether oxygens (including phenoxy) is 1. The number of nitro benzene ring substituents is 1. The summed E-state index contributed by atoms with van der Waals surface area (Å²) in [6.07, 6.45) is 8.49. The van der Waals surface area contributed by atoms with Crippen LogP contribution in [-0.4, -0.2) is 33.2 Å². The molecule has 0 atom stereocenters. The molecule has 2 aromatic rings. The Bertz CT molecular complexity index is 899. The van der Waals surface area contributed by atoms with Gasteiger partial charge in [0.25, 0.3) is 11.6 Å². The number of carbonyl (C=O) groups excluding carboxylic acids is 2. The Balaban J connectivity index is 1.49. The minimum absolute atomic E-state index is 0.0752. The summed E-state index contributed by atoms with van der Waals surface area (Å²) < 4.78 is 6.72. The molecule has 1 heterocycles. The third-order valence-electron chi connectivity index (χ3n) is 4.45. The number of esters is 1. The fourth-order valence-corrected chi connectivity index (χ4v) is 3.12. The number of nitrogens with one attached hydrogen (secondary N) is 1. The van der Waals surface area contributed by atoms with Crippen LogP contribution < -0.4 is 5.32 Å². The normalized spacial score (nSPS) is 14.3. The average molecular weight is 384 g/mol. The standard InChI is InChI=1S/C19H20N4O5/c24-18(21-17-10-11-20-22(17)15-5-1-2-6-15)13-28-19(25)9-8-14-4-3-7-16(12-14)23(26)27/h3-4,7-12,15H,1-2,5-6,13H2,(H,21,24)/b9-8+. The van der Waals surface area contributed by atoms with Gasteiger partial charge in [-0.05, 0) is 24.5 Å². The molecule has 9 heteroatoms.